The largest absolute Gasteiger partial charge is 0.481 e. The first kappa shape index (κ1) is 13.5. The van der Waals surface area contributed by atoms with E-state index in [9.17, 15) is 4.79 Å². The van der Waals surface area contributed by atoms with Crippen molar-refractivity contribution in [3.63, 3.8) is 0 Å². The summed E-state index contributed by atoms with van der Waals surface area (Å²) in [7, 11) is 0. The van der Waals surface area contributed by atoms with Gasteiger partial charge in [0.2, 0.25) is 0 Å². The third-order valence-electron chi connectivity index (χ3n) is 3.64. The quantitative estimate of drug-likeness (QED) is 0.542. The van der Waals surface area contributed by atoms with Gasteiger partial charge in [0.05, 0.1) is 0 Å². The number of hydrogen-bond donors (Lipinski definition) is 2. The fourth-order valence-electron chi connectivity index (χ4n) is 2.55. The maximum atomic E-state index is 10.4. The molecule has 0 heterocycles. The zero-order valence-corrected chi connectivity index (χ0v) is 10.4. The van der Waals surface area contributed by atoms with Gasteiger partial charge in [0.15, 0.2) is 0 Å². The Balaban J connectivity index is 2.12. The Kier molecular flexibility index (Phi) is 6.46. The van der Waals surface area contributed by atoms with Gasteiger partial charge >= 0.3 is 5.97 Å². The van der Waals surface area contributed by atoms with Crippen molar-refractivity contribution in [1.29, 1.82) is 0 Å². The molecule has 1 aliphatic carbocycles. The lowest BCUT2D eigenvalue weighted by Gasteiger charge is -2.23. The van der Waals surface area contributed by atoms with Crippen LogP contribution in [0, 0.1) is 5.92 Å². The van der Waals surface area contributed by atoms with E-state index in [2.05, 4.69) is 12.2 Å². The lowest BCUT2D eigenvalue weighted by molar-refractivity contribution is -0.137. The summed E-state index contributed by atoms with van der Waals surface area (Å²) in [5.74, 6) is 0.108. The van der Waals surface area contributed by atoms with Crippen LogP contribution in [-0.4, -0.2) is 23.7 Å². The second-order valence-corrected chi connectivity index (χ2v) is 4.99. The van der Waals surface area contributed by atoms with Crippen LogP contribution < -0.4 is 5.32 Å². The van der Waals surface area contributed by atoms with Gasteiger partial charge in [0.25, 0.3) is 0 Å². The second kappa shape index (κ2) is 7.66. The maximum Gasteiger partial charge on any atom is 0.303 e. The molecule has 0 aromatic carbocycles. The number of carboxylic acids is 1. The van der Waals surface area contributed by atoms with Gasteiger partial charge in [-0.25, -0.2) is 0 Å². The fraction of sp³-hybridized carbons (Fsp3) is 0.923. The molecule has 0 saturated heterocycles. The summed E-state index contributed by atoms with van der Waals surface area (Å²) in [6.07, 6.45) is 9.22. The summed E-state index contributed by atoms with van der Waals surface area (Å²) >= 11 is 0. The smallest absolute Gasteiger partial charge is 0.303 e. The summed E-state index contributed by atoms with van der Waals surface area (Å²) in [5.41, 5.74) is 0. The fourth-order valence-corrected chi connectivity index (χ4v) is 2.55. The molecule has 0 aromatic rings. The molecular weight excluding hydrogens is 202 g/mol. The molecular formula is C13H25NO2. The Labute approximate surface area is 98.6 Å². The van der Waals surface area contributed by atoms with E-state index in [1.165, 1.54) is 38.5 Å². The molecule has 1 aliphatic rings. The SMILES string of the molecule is C[C@@H](NCCCC(=O)O)C1CCCCCC1. The van der Waals surface area contributed by atoms with Crippen LogP contribution in [0.15, 0.2) is 0 Å². The third-order valence-corrected chi connectivity index (χ3v) is 3.64. The van der Waals surface area contributed by atoms with Crippen molar-refractivity contribution in [3.8, 4) is 0 Å². The van der Waals surface area contributed by atoms with Crippen molar-refractivity contribution in [3.05, 3.63) is 0 Å². The van der Waals surface area contributed by atoms with Crippen LogP contribution in [0.1, 0.15) is 58.3 Å². The van der Waals surface area contributed by atoms with E-state index in [-0.39, 0.29) is 6.42 Å². The summed E-state index contributed by atoms with van der Waals surface area (Å²) in [6.45, 7) is 3.08. The van der Waals surface area contributed by atoms with E-state index in [1.807, 2.05) is 0 Å². The Morgan fingerprint density at radius 1 is 1.31 bits per heavy atom. The van der Waals surface area contributed by atoms with E-state index in [4.69, 9.17) is 5.11 Å². The van der Waals surface area contributed by atoms with Crippen LogP contribution in [0.5, 0.6) is 0 Å². The zero-order valence-electron chi connectivity index (χ0n) is 10.4. The molecule has 1 atom stereocenters. The van der Waals surface area contributed by atoms with Crippen LogP contribution in [-0.2, 0) is 4.79 Å². The standard InChI is InChI=1S/C13H25NO2/c1-11(14-10-6-9-13(15)16)12-7-4-2-3-5-8-12/h11-12,14H,2-10H2,1H3,(H,15,16)/t11-/m1/s1. The van der Waals surface area contributed by atoms with Gasteiger partial charge in [-0.3, -0.25) is 4.79 Å². The van der Waals surface area contributed by atoms with Crippen LogP contribution >= 0.6 is 0 Å². The minimum Gasteiger partial charge on any atom is -0.481 e. The topological polar surface area (TPSA) is 49.3 Å². The van der Waals surface area contributed by atoms with E-state index < -0.39 is 5.97 Å². The number of nitrogens with one attached hydrogen (secondary N) is 1. The van der Waals surface area contributed by atoms with Gasteiger partial charge in [0, 0.05) is 12.5 Å². The first-order valence-electron chi connectivity index (χ1n) is 6.65. The minimum absolute atomic E-state index is 0.282. The van der Waals surface area contributed by atoms with Crippen molar-refractivity contribution in [2.75, 3.05) is 6.54 Å². The molecule has 2 N–H and O–H groups in total. The monoisotopic (exact) mass is 227 g/mol. The van der Waals surface area contributed by atoms with Gasteiger partial charge in [-0.05, 0) is 38.6 Å². The van der Waals surface area contributed by atoms with Crippen molar-refractivity contribution in [2.45, 2.75) is 64.3 Å². The average Bonchev–Trinajstić information content (AvgIpc) is 2.52. The zero-order chi connectivity index (χ0) is 11.8. The highest BCUT2D eigenvalue weighted by Gasteiger charge is 2.18. The van der Waals surface area contributed by atoms with Crippen molar-refractivity contribution in [2.24, 2.45) is 5.92 Å². The van der Waals surface area contributed by atoms with Gasteiger partial charge in [-0.2, -0.15) is 0 Å². The van der Waals surface area contributed by atoms with Crippen molar-refractivity contribution in [1.82, 2.24) is 5.32 Å². The van der Waals surface area contributed by atoms with E-state index in [0.717, 1.165) is 18.9 Å². The first-order chi connectivity index (χ1) is 7.70. The molecule has 94 valence electrons. The van der Waals surface area contributed by atoms with E-state index >= 15 is 0 Å². The normalized spacial score (nSPS) is 20.3. The minimum atomic E-state index is -0.691. The molecule has 3 nitrogen and oxygen atoms in total. The molecule has 0 aliphatic heterocycles. The molecule has 0 aromatic heterocycles. The number of hydrogen-bond acceptors (Lipinski definition) is 2. The van der Waals surface area contributed by atoms with Gasteiger partial charge < -0.3 is 10.4 Å². The molecule has 0 amide bonds. The Bertz CT molecular complexity index is 198. The van der Waals surface area contributed by atoms with Gasteiger partial charge in [-0.15, -0.1) is 0 Å². The third kappa shape index (κ3) is 5.50. The summed E-state index contributed by atoms with van der Waals surface area (Å²) < 4.78 is 0. The Hall–Kier alpha value is -0.570. The first-order valence-corrected chi connectivity index (χ1v) is 6.65. The molecule has 1 fully saturated rings. The highest BCUT2D eigenvalue weighted by molar-refractivity contribution is 5.66. The molecule has 0 bridgehead atoms. The molecule has 1 rings (SSSR count). The average molecular weight is 227 g/mol. The number of carboxylic acid groups (broad SMARTS) is 1. The van der Waals surface area contributed by atoms with E-state index in [1.54, 1.807) is 0 Å². The predicted molar refractivity (Wildman–Crippen MR) is 65.5 cm³/mol. The second-order valence-electron chi connectivity index (χ2n) is 4.99. The summed E-state index contributed by atoms with van der Waals surface area (Å²) in [5, 5.41) is 12.0. The van der Waals surface area contributed by atoms with E-state index in [0.29, 0.717) is 6.04 Å². The molecule has 0 unspecified atom stereocenters. The summed E-state index contributed by atoms with van der Waals surface area (Å²) in [4.78, 5) is 10.4. The number of aliphatic carboxylic acids is 1. The molecule has 0 radical (unpaired) electrons. The van der Waals surface area contributed by atoms with Crippen LogP contribution in [0.25, 0.3) is 0 Å². The van der Waals surface area contributed by atoms with Crippen molar-refractivity contribution < 1.29 is 9.90 Å². The number of rotatable bonds is 6. The Morgan fingerprint density at radius 2 is 1.94 bits per heavy atom. The van der Waals surface area contributed by atoms with Crippen molar-refractivity contribution >= 4 is 5.97 Å². The number of carbonyl (C=O) groups is 1. The lowest BCUT2D eigenvalue weighted by atomic mass is 9.93. The lowest BCUT2D eigenvalue weighted by Crippen LogP contribution is -2.34. The van der Waals surface area contributed by atoms with Crippen LogP contribution in [0.4, 0.5) is 0 Å². The molecule has 16 heavy (non-hydrogen) atoms. The summed E-state index contributed by atoms with van der Waals surface area (Å²) in [6, 6.07) is 0.548. The molecule has 0 spiro atoms. The molecule has 1 saturated carbocycles. The van der Waals surface area contributed by atoms with Crippen LogP contribution in [0.2, 0.25) is 0 Å². The van der Waals surface area contributed by atoms with Gasteiger partial charge in [0.1, 0.15) is 0 Å². The predicted octanol–water partition coefficient (Wildman–Crippen LogP) is 2.80. The highest BCUT2D eigenvalue weighted by Crippen LogP contribution is 2.25. The Morgan fingerprint density at radius 3 is 2.50 bits per heavy atom. The maximum absolute atomic E-state index is 10.4. The highest BCUT2D eigenvalue weighted by atomic mass is 16.4. The van der Waals surface area contributed by atoms with Crippen LogP contribution in [0.3, 0.4) is 0 Å². The van der Waals surface area contributed by atoms with Gasteiger partial charge in [-0.1, -0.05) is 25.7 Å². The molecule has 3 heteroatoms.